The summed E-state index contributed by atoms with van der Waals surface area (Å²) < 4.78 is 17.4. The fourth-order valence-corrected chi connectivity index (χ4v) is 3.21. The molecule has 0 fully saturated rings. The van der Waals surface area contributed by atoms with Crippen molar-refractivity contribution in [2.45, 2.75) is 46.5 Å². The third kappa shape index (κ3) is 4.26. The lowest BCUT2D eigenvalue weighted by atomic mass is 9.91. The van der Waals surface area contributed by atoms with Crippen molar-refractivity contribution in [1.82, 2.24) is 4.98 Å². The van der Waals surface area contributed by atoms with Gasteiger partial charge in [0, 0.05) is 18.4 Å². The van der Waals surface area contributed by atoms with Crippen LogP contribution in [0.4, 0.5) is 0 Å². The minimum atomic E-state index is 0.0604. The number of hydrogen-bond acceptors (Lipinski definition) is 5. The number of rotatable bonds is 6. The molecule has 0 spiro atoms. The van der Waals surface area contributed by atoms with E-state index in [1.807, 2.05) is 12.1 Å². The second-order valence-electron chi connectivity index (χ2n) is 7.38. The number of carbonyl (C=O) groups is 1. The minimum absolute atomic E-state index is 0.0604. The molecule has 0 aromatic carbocycles. The van der Waals surface area contributed by atoms with E-state index in [0.717, 1.165) is 30.5 Å². The summed E-state index contributed by atoms with van der Waals surface area (Å²) in [6.45, 7) is 8.80. The van der Waals surface area contributed by atoms with Gasteiger partial charge in [0.15, 0.2) is 11.5 Å². The van der Waals surface area contributed by atoms with Gasteiger partial charge in [-0.1, -0.05) is 33.3 Å². The monoisotopic (exact) mass is 359 g/mol. The molecule has 5 heteroatoms. The number of aromatic nitrogens is 1. The average Bonchev–Trinajstić information content (AvgIpc) is 2.81. The van der Waals surface area contributed by atoms with Gasteiger partial charge in [0.2, 0.25) is 0 Å². The molecule has 0 amide bonds. The highest BCUT2D eigenvalue weighted by Crippen LogP contribution is 2.36. The Bertz CT molecular complexity index is 681. The van der Waals surface area contributed by atoms with Crippen LogP contribution >= 0.6 is 0 Å². The Kier molecular flexibility index (Phi) is 6.30. The zero-order valence-electron chi connectivity index (χ0n) is 16.0. The Hall–Kier alpha value is -1.88. The highest BCUT2D eigenvalue weighted by atomic mass is 16.5. The lowest BCUT2D eigenvalue weighted by molar-refractivity contribution is 0.0941. The predicted octanol–water partition coefficient (Wildman–Crippen LogP) is 4.30. The molecule has 0 saturated carbocycles. The number of unbranched alkanes of at least 4 members (excludes halogenated alkanes) is 1. The van der Waals surface area contributed by atoms with E-state index >= 15 is 0 Å². The molecule has 26 heavy (non-hydrogen) atoms. The quantitative estimate of drug-likeness (QED) is 0.709. The molecule has 0 radical (unpaired) electrons. The second kappa shape index (κ2) is 8.67. The summed E-state index contributed by atoms with van der Waals surface area (Å²) in [5.41, 5.74) is 2.30. The van der Waals surface area contributed by atoms with Crippen molar-refractivity contribution in [1.29, 1.82) is 0 Å². The van der Waals surface area contributed by atoms with Crippen LogP contribution in [0.15, 0.2) is 12.1 Å². The van der Waals surface area contributed by atoms with Gasteiger partial charge in [-0.15, -0.1) is 0 Å². The molecule has 1 aromatic heterocycles. The smallest absolute Gasteiger partial charge is 0.185 e. The van der Waals surface area contributed by atoms with Crippen molar-refractivity contribution < 1.29 is 19.0 Å². The summed E-state index contributed by atoms with van der Waals surface area (Å²) in [6, 6.07) is 1.87. The summed E-state index contributed by atoms with van der Waals surface area (Å²) in [5.74, 6) is 1.94. The van der Waals surface area contributed by atoms with Gasteiger partial charge in [-0.25, -0.2) is 4.98 Å². The molecule has 0 aliphatic carbocycles. The lowest BCUT2D eigenvalue weighted by Crippen LogP contribution is -2.18. The van der Waals surface area contributed by atoms with E-state index < -0.39 is 0 Å². The van der Waals surface area contributed by atoms with E-state index in [1.165, 1.54) is 0 Å². The van der Waals surface area contributed by atoms with E-state index in [0.29, 0.717) is 56.0 Å². The Morgan fingerprint density at radius 2 is 2.19 bits per heavy atom. The maximum Gasteiger partial charge on any atom is 0.185 e. The molecule has 3 heterocycles. The van der Waals surface area contributed by atoms with Gasteiger partial charge < -0.3 is 14.2 Å². The first-order valence-corrected chi connectivity index (χ1v) is 9.71. The summed E-state index contributed by atoms with van der Waals surface area (Å²) in [6.07, 6.45) is 5.34. The standard InChI is InChI=1S/C21H29NO4/c1-4-5-8-25-18-12-19-21(17(23)11-16(13-26-19)14(2)3)22-20(18)15-6-9-24-10-7-15/h6,12,14,16H,4-5,7-11,13H2,1-3H3. The van der Waals surface area contributed by atoms with Crippen LogP contribution in [0.1, 0.15) is 62.6 Å². The van der Waals surface area contributed by atoms with Crippen LogP contribution in [0.25, 0.3) is 5.57 Å². The molecule has 3 rings (SSSR count). The average molecular weight is 359 g/mol. The Morgan fingerprint density at radius 3 is 2.88 bits per heavy atom. The summed E-state index contributed by atoms with van der Waals surface area (Å²) in [5, 5.41) is 0. The molecule has 1 aromatic rings. The van der Waals surface area contributed by atoms with Gasteiger partial charge in [0.25, 0.3) is 0 Å². The SMILES string of the molecule is CCCCOc1cc2c(nc1C1=CCOCC1)C(=O)CC(C(C)C)CO2. The minimum Gasteiger partial charge on any atom is -0.491 e. The van der Waals surface area contributed by atoms with E-state index in [1.54, 1.807) is 0 Å². The fraction of sp³-hybridized carbons (Fsp3) is 0.619. The molecule has 0 saturated heterocycles. The van der Waals surface area contributed by atoms with Crippen LogP contribution in [0.3, 0.4) is 0 Å². The lowest BCUT2D eigenvalue weighted by Gasteiger charge is -2.19. The zero-order valence-corrected chi connectivity index (χ0v) is 16.0. The molecule has 0 bridgehead atoms. The number of nitrogens with zero attached hydrogens (tertiary/aromatic N) is 1. The van der Waals surface area contributed by atoms with Crippen molar-refractivity contribution in [3.05, 3.63) is 23.5 Å². The molecule has 142 valence electrons. The third-order valence-electron chi connectivity index (χ3n) is 5.08. The Morgan fingerprint density at radius 1 is 1.35 bits per heavy atom. The highest BCUT2D eigenvalue weighted by Gasteiger charge is 2.29. The molecule has 5 nitrogen and oxygen atoms in total. The van der Waals surface area contributed by atoms with E-state index in [4.69, 9.17) is 19.2 Å². The summed E-state index contributed by atoms with van der Waals surface area (Å²) >= 11 is 0. The number of ketones is 1. The predicted molar refractivity (Wildman–Crippen MR) is 101 cm³/mol. The van der Waals surface area contributed by atoms with Crippen LogP contribution in [0.2, 0.25) is 0 Å². The number of fused-ring (bicyclic) bond motifs is 1. The molecular formula is C21H29NO4. The van der Waals surface area contributed by atoms with Crippen LogP contribution in [0.5, 0.6) is 11.5 Å². The molecule has 2 aliphatic heterocycles. The van der Waals surface area contributed by atoms with E-state index in [9.17, 15) is 4.79 Å². The second-order valence-corrected chi connectivity index (χ2v) is 7.38. The molecule has 1 atom stereocenters. The Labute approximate surface area is 155 Å². The molecule has 2 aliphatic rings. The molecule has 0 N–H and O–H groups in total. The third-order valence-corrected chi connectivity index (χ3v) is 5.08. The van der Waals surface area contributed by atoms with Crippen LogP contribution in [-0.2, 0) is 4.74 Å². The van der Waals surface area contributed by atoms with Crippen LogP contribution in [-0.4, -0.2) is 37.2 Å². The number of carbonyl (C=O) groups excluding carboxylic acids is 1. The van der Waals surface area contributed by atoms with E-state index in [2.05, 4.69) is 20.8 Å². The Balaban J connectivity index is 1.97. The normalized spacial score (nSPS) is 20.2. The summed E-state index contributed by atoms with van der Waals surface area (Å²) in [4.78, 5) is 17.5. The van der Waals surface area contributed by atoms with Gasteiger partial charge in [-0.05, 0) is 24.3 Å². The largest absolute Gasteiger partial charge is 0.491 e. The number of pyridine rings is 1. The molecule has 1 unspecified atom stereocenters. The van der Waals surface area contributed by atoms with Gasteiger partial charge >= 0.3 is 0 Å². The van der Waals surface area contributed by atoms with Gasteiger partial charge in [0.05, 0.1) is 26.4 Å². The van der Waals surface area contributed by atoms with E-state index in [-0.39, 0.29) is 11.7 Å². The number of ether oxygens (including phenoxy) is 3. The van der Waals surface area contributed by atoms with Crippen molar-refractivity contribution in [2.75, 3.05) is 26.4 Å². The first-order chi connectivity index (χ1) is 12.6. The van der Waals surface area contributed by atoms with Crippen molar-refractivity contribution in [3.63, 3.8) is 0 Å². The van der Waals surface area contributed by atoms with Crippen molar-refractivity contribution in [2.24, 2.45) is 11.8 Å². The maximum absolute atomic E-state index is 12.8. The highest BCUT2D eigenvalue weighted by molar-refractivity contribution is 5.98. The topological polar surface area (TPSA) is 57.7 Å². The number of hydrogen-bond donors (Lipinski definition) is 0. The van der Waals surface area contributed by atoms with Crippen LogP contribution < -0.4 is 9.47 Å². The first kappa shape index (κ1) is 18.9. The number of Topliss-reactive ketones (excluding diaryl/α,β-unsaturated/α-hetero) is 1. The van der Waals surface area contributed by atoms with Gasteiger partial charge in [0.1, 0.15) is 17.1 Å². The summed E-state index contributed by atoms with van der Waals surface area (Å²) in [7, 11) is 0. The zero-order chi connectivity index (χ0) is 18.5. The van der Waals surface area contributed by atoms with Gasteiger partial charge in [-0.2, -0.15) is 0 Å². The van der Waals surface area contributed by atoms with Gasteiger partial charge in [-0.3, -0.25) is 4.79 Å². The fourth-order valence-electron chi connectivity index (χ4n) is 3.21. The first-order valence-electron chi connectivity index (χ1n) is 9.71. The van der Waals surface area contributed by atoms with Crippen LogP contribution in [0, 0.1) is 11.8 Å². The maximum atomic E-state index is 12.8. The van der Waals surface area contributed by atoms with Crippen molar-refractivity contribution in [3.8, 4) is 11.5 Å². The van der Waals surface area contributed by atoms with Crippen molar-refractivity contribution >= 4 is 11.4 Å². The molecular weight excluding hydrogens is 330 g/mol.